The SMILES string of the molecule is Cc1cccc(OC(C)C(=O)N/N=C/C=C/c2ccccc2)c1. The van der Waals surface area contributed by atoms with E-state index in [1.165, 1.54) is 6.21 Å². The van der Waals surface area contributed by atoms with Crippen molar-refractivity contribution in [3.8, 4) is 5.75 Å². The summed E-state index contributed by atoms with van der Waals surface area (Å²) in [6.07, 6.45) is 4.58. The van der Waals surface area contributed by atoms with Crippen LogP contribution >= 0.6 is 0 Å². The molecule has 118 valence electrons. The van der Waals surface area contributed by atoms with Gasteiger partial charge in [-0.05, 0) is 43.2 Å². The molecule has 23 heavy (non-hydrogen) atoms. The number of nitrogens with one attached hydrogen (secondary N) is 1. The van der Waals surface area contributed by atoms with Crippen molar-refractivity contribution in [2.75, 3.05) is 0 Å². The zero-order valence-electron chi connectivity index (χ0n) is 13.3. The van der Waals surface area contributed by atoms with E-state index < -0.39 is 6.10 Å². The number of hydrazone groups is 1. The fourth-order valence-corrected chi connectivity index (χ4v) is 1.90. The predicted octanol–water partition coefficient (Wildman–Crippen LogP) is 3.58. The normalized spacial score (nSPS) is 12.4. The van der Waals surface area contributed by atoms with Crippen LogP contribution in [0.2, 0.25) is 0 Å². The lowest BCUT2D eigenvalue weighted by Gasteiger charge is -2.13. The van der Waals surface area contributed by atoms with Crippen molar-refractivity contribution in [2.45, 2.75) is 20.0 Å². The maximum absolute atomic E-state index is 11.9. The Bertz CT molecular complexity index is 694. The standard InChI is InChI=1S/C19H20N2O2/c1-15-8-6-12-18(14-15)23-16(2)19(22)21-20-13-7-11-17-9-4-3-5-10-17/h3-14,16H,1-2H3,(H,21,22)/b11-7+,20-13+. The summed E-state index contributed by atoms with van der Waals surface area (Å²) in [7, 11) is 0. The van der Waals surface area contributed by atoms with Crippen LogP contribution in [0.5, 0.6) is 5.75 Å². The van der Waals surface area contributed by atoms with Gasteiger partial charge in [-0.25, -0.2) is 5.43 Å². The molecule has 0 saturated carbocycles. The molecule has 4 nitrogen and oxygen atoms in total. The number of carbonyl (C=O) groups is 1. The minimum Gasteiger partial charge on any atom is -0.481 e. The van der Waals surface area contributed by atoms with Gasteiger partial charge in [0.05, 0.1) is 0 Å². The second-order valence-electron chi connectivity index (χ2n) is 5.10. The highest BCUT2D eigenvalue weighted by atomic mass is 16.5. The summed E-state index contributed by atoms with van der Waals surface area (Å²) in [6, 6.07) is 17.4. The Balaban J connectivity index is 1.79. The van der Waals surface area contributed by atoms with Gasteiger partial charge in [0.1, 0.15) is 5.75 Å². The Morgan fingerprint density at radius 1 is 1.17 bits per heavy atom. The number of hydrogen-bond acceptors (Lipinski definition) is 3. The van der Waals surface area contributed by atoms with Crippen LogP contribution in [-0.2, 0) is 4.79 Å². The van der Waals surface area contributed by atoms with E-state index in [-0.39, 0.29) is 5.91 Å². The summed E-state index contributed by atoms with van der Waals surface area (Å²) >= 11 is 0. The van der Waals surface area contributed by atoms with Crippen molar-refractivity contribution < 1.29 is 9.53 Å². The van der Waals surface area contributed by atoms with E-state index in [2.05, 4.69) is 10.5 Å². The largest absolute Gasteiger partial charge is 0.481 e. The maximum atomic E-state index is 11.9. The highest BCUT2D eigenvalue weighted by Crippen LogP contribution is 2.14. The number of ether oxygens (including phenoxy) is 1. The van der Waals surface area contributed by atoms with E-state index in [9.17, 15) is 4.79 Å². The Kier molecular flexibility index (Phi) is 6.12. The van der Waals surface area contributed by atoms with Crippen LogP contribution in [0.3, 0.4) is 0 Å². The zero-order chi connectivity index (χ0) is 16.5. The van der Waals surface area contributed by atoms with Crippen LogP contribution < -0.4 is 10.2 Å². The lowest BCUT2D eigenvalue weighted by Crippen LogP contribution is -2.33. The lowest BCUT2D eigenvalue weighted by molar-refractivity contribution is -0.127. The number of nitrogens with zero attached hydrogens (tertiary/aromatic N) is 1. The van der Waals surface area contributed by atoms with Gasteiger partial charge in [-0.1, -0.05) is 48.5 Å². The van der Waals surface area contributed by atoms with Gasteiger partial charge in [0.2, 0.25) is 0 Å². The molecular weight excluding hydrogens is 288 g/mol. The molecule has 1 amide bonds. The molecular formula is C19H20N2O2. The minimum absolute atomic E-state index is 0.295. The number of rotatable bonds is 6. The van der Waals surface area contributed by atoms with E-state index in [1.807, 2.05) is 67.6 Å². The van der Waals surface area contributed by atoms with Crippen LogP contribution in [0, 0.1) is 6.92 Å². The van der Waals surface area contributed by atoms with Gasteiger partial charge >= 0.3 is 0 Å². The van der Waals surface area contributed by atoms with Crippen molar-refractivity contribution in [1.82, 2.24) is 5.43 Å². The lowest BCUT2D eigenvalue weighted by atomic mass is 10.2. The van der Waals surface area contributed by atoms with Crippen LogP contribution in [0.25, 0.3) is 6.08 Å². The van der Waals surface area contributed by atoms with E-state index in [0.29, 0.717) is 5.75 Å². The van der Waals surface area contributed by atoms with Crippen LogP contribution in [0.4, 0.5) is 0 Å². The molecule has 0 radical (unpaired) electrons. The summed E-state index contributed by atoms with van der Waals surface area (Å²) < 4.78 is 5.58. The van der Waals surface area contributed by atoms with E-state index in [4.69, 9.17) is 4.74 Å². The molecule has 0 aliphatic carbocycles. The van der Waals surface area contributed by atoms with E-state index in [0.717, 1.165) is 11.1 Å². The van der Waals surface area contributed by atoms with Gasteiger partial charge in [-0.2, -0.15) is 5.10 Å². The maximum Gasteiger partial charge on any atom is 0.280 e. The number of aryl methyl sites for hydroxylation is 1. The first-order chi connectivity index (χ1) is 11.1. The highest BCUT2D eigenvalue weighted by molar-refractivity contribution is 5.83. The molecule has 4 heteroatoms. The average Bonchev–Trinajstić information content (AvgIpc) is 2.55. The fraction of sp³-hybridized carbons (Fsp3) is 0.158. The molecule has 1 atom stereocenters. The quantitative estimate of drug-likeness (QED) is 0.655. The number of allylic oxidation sites excluding steroid dienone is 1. The van der Waals surface area contributed by atoms with Crippen molar-refractivity contribution >= 4 is 18.2 Å². The van der Waals surface area contributed by atoms with Crippen LogP contribution in [0.15, 0.2) is 65.8 Å². The predicted molar refractivity (Wildman–Crippen MR) is 93.4 cm³/mol. The van der Waals surface area contributed by atoms with Crippen molar-refractivity contribution in [2.24, 2.45) is 5.10 Å². The third kappa shape index (κ3) is 5.79. The Morgan fingerprint density at radius 2 is 1.96 bits per heavy atom. The highest BCUT2D eigenvalue weighted by Gasteiger charge is 2.13. The number of amides is 1. The first-order valence-electron chi connectivity index (χ1n) is 7.43. The summed E-state index contributed by atoms with van der Waals surface area (Å²) in [5.74, 6) is 0.372. The number of benzene rings is 2. The molecule has 0 saturated heterocycles. The second kappa shape index (κ2) is 8.54. The van der Waals surface area contributed by atoms with Gasteiger partial charge in [-0.3, -0.25) is 4.79 Å². The summed E-state index contributed by atoms with van der Waals surface area (Å²) in [5, 5.41) is 3.88. The van der Waals surface area contributed by atoms with Crippen molar-refractivity contribution in [3.63, 3.8) is 0 Å². The Morgan fingerprint density at radius 3 is 2.70 bits per heavy atom. The number of carbonyl (C=O) groups excluding carboxylic acids is 1. The smallest absolute Gasteiger partial charge is 0.280 e. The van der Waals surface area contributed by atoms with Gasteiger partial charge in [0.25, 0.3) is 5.91 Å². The Labute approximate surface area is 136 Å². The molecule has 1 N–H and O–H groups in total. The van der Waals surface area contributed by atoms with Gasteiger partial charge in [0, 0.05) is 6.21 Å². The molecule has 2 rings (SSSR count). The molecule has 0 aliphatic heterocycles. The third-order valence-electron chi connectivity index (χ3n) is 3.10. The molecule has 0 fully saturated rings. The molecule has 1 unspecified atom stereocenters. The summed E-state index contributed by atoms with van der Waals surface area (Å²) in [5.41, 5.74) is 4.61. The second-order valence-corrected chi connectivity index (χ2v) is 5.10. The fourth-order valence-electron chi connectivity index (χ4n) is 1.90. The monoisotopic (exact) mass is 308 g/mol. The van der Waals surface area contributed by atoms with Gasteiger partial charge in [-0.15, -0.1) is 0 Å². The minimum atomic E-state index is -0.618. The summed E-state index contributed by atoms with van der Waals surface area (Å²) in [6.45, 7) is 3.66. The summed E-state index contributed by atoms with van der Waals surface area (Å²) in [4.78, 5) is 11.9. The van der Waals surface area contributed by atoms with E-state index in [1.54, 1.807) is 13.0 Å². The van der Waals surface area contributed by atoms with Crippen LogP contribution in [0.1, 0.15) is 18.1 Å². The third-order valence-corrected chi connectivity index (χ3v) is 3.10. The van der Waals surface area contributed by atoms with E-state index >= 15 is 0 Å². The van der Waals surface area contributed by atoms with Crippen molar-refractivity contribution in [3.05, 3.63) is 71.8 Å². The topological polar surface area (TPSA) is 50.7 Å². The molecule has 0 aromatic heterocycles. The average molecular weight is 308 g/mol. The van der Waals surface area contributed by atoms with Crippen LogP contribution in [-0.4, -0.2) is 18.2 Å². The molecule has 0 spiro atoms. The molecule has 0 heterocycles. The number of hydrogen-bond donors (Lipinski definition) is 1. The molecule has 0 bridgehead atoms. The Hall–Kier alpha value is -2.88. The molecule has 2 aromatic carbocycles. The first-order valence-corrected chi connectivity index (χ1v) is 7.43. The molecule has 0 aliphatic rings. The van der Waals surface area contributed by atoms with Gasteiger partial charge < -0.3 is 4.74 Å². The van der Waals surface area contributed by atoms with Crippen molar-refractivity contribution in [1.29, 1.82) is 0 Å². The molecule has 2 aromatic rings. The zero-order valence-corrected chi connectivity index (χ0v) is 13.3. The van der Waals surface area contributed by atoms with Gasteiger partial charge in [0.15, 0.2) is 6.10 Å². The first kappa shape index (κ1) is 16.5.